The van der Waals surface area contributed by atoms with Gasteiger partial charge in [-0.2, -0.15) is 0 Å². The van der Waals surface area contributed by atoms with E-state index in [1.807, 2.05) is 24.3 Å². The van der Waals surface area contributed by atoms with Crippen LogP contribution in [0.4, 0.5) is 0 Å². The van der Waals surface area contributed by atoms with Crippen molar-refractivity contribution in [2.75, 3.05) is 13.7 Å². The number of carbonyl (C=O) groups is 2. The van der Waals surface area contributed by atoms with Crippen molar-refractivity contribution in [2.24, 2.45) is 0 Å². The molecule has 2 rings (SSSR count). The molecular weight excluding hydrogens is 338 g/mol. The van der Waals surface area contributed by atoms with Gasteiger partial charge in [0.25, 0.3) is 0 Å². The van der Waals surface area contributed by atoms with Crippen LogP contribution in [-0.4, -0.2) is 37.7 Å². The number of hydrogen-bond donors (Lipinski definition) is 1. The first-order chi connectivity index (χ1) is 10.1. The van der Waals surface area contributed by atoms with Crippen LogP contribution in [0.1, 0.15) is 18.4 Å². The molecule has 1 aromatic carbocycles. The molecule has 21 heavy (non-hydrogen) atoms. The van der Waals surface area contributed by atoms with Gasteiger partial charge < -0.3 is 14.8 Å². The van der Waals surface area contributed by atoms with Crippen molar-refractivity contribution in [3.8, 4) is 0 Å². The van der Waals surface area contributed by atoms with E-state index in [-0.39, 0.29) is 5.91 Å². The molecule has 1 heterocycles. The van der Waals surface area contributed by atoms with Crippen molar-refractivity contribution in [3.05, 3.63) is 34.3 Å². The maximum atomic E-state index is 12.1. The number of benzene rings is 1. The summed E-state index contributed by atoms with van der Waals surface area (Å²) in [6, 6.07) is 6.89. The van der Waals surface area contributed by atoms with Crippen molar-refractivity contribution >= 4 is 27.8 Å². The fourth-order valence-corrected chi connectivity index (χ4v) is 2.51. The zero-order valence-electron chi connectivity index (χ0n) is 11.8. The summed E-state index contributed by atoms with van der Waals surface area (Å²) in [4.78, 5) is 23.9. The van der Waals surface area contributed by atoms with Crippen LogP contribution in [0.2, 0.25) is 0 Å². The van der Waals surface area contributed by atoms with Crippen molar-refractivity contribution in [1.29, 1.82) is 0 Å². The Balaban J connectivity index is 2.01. The number of esters is 1. The Bertz CT molecular complexity index is 497. The lowest BCUT2D eigenvalue weighted by molar-refractivity contribution is -0.146. The summed E-state index contributed by atoms with van der Waals surface area (Å²) in [6.45, 7) is 0.591. The molecule has 0 aromatic heterocycles. The highest BCUT2D eigenvalue weighted by molar-refractivity contribution is 9.10. The maximum absolute atomic E-state index is 12.1. The minimum absolute atomic E-state index is 0.250. The molecule has 1 fully saturated rings. The van der Waals surface area contributed by atoms with Crippen LogP contribution < -0.4 is 5.32 Å². The predicted octanol–water partition coefficient (Wildman–Crippen LogP) is 1.83. The number of carbonyl (C=O) groups excluding carboxylic acids is 2. The summed E-state index contributed by atoms with van der Waals surface area (Å²) in [5.74, 6) is -0.704. The van der Waals surface area contributed by atoms with Crippen LogP contribution >= 0.6 is 15.9 Å². The first-order valence-electron chi connectivity index (χ1n) is 6.84. The van der Waals surface area contributed by atoms with Crippen molar-refractivity contribution in [3.63, 3.8) is 0 Å². The fourth-order valence-electron chi connectivity index (χ4n) is 2.24. The third kappa shape index (κ3) is 4.54. The Morgan fingerprint density at radius 1 is 1.43 bits per heavy atom. The molecule has 1 aliphatic heterocycles. The number of hydrogen-bond acceptors (Lipinski definition) is 4. The van der Waals surface area contributed by atoms with Crippen LogP contribution in [0.3, 0.4) is 0 Å². The quantitative estimate of drug-likeness (QED) is 0.818. The van der Waals surface area contributed by atoms with Crippen LogP contribution in [0.5, 0.6) is 0 Å². The lowest BCUT2D eigenvalue weighted by Gasteiger charge is -2.18. The first kappa shape index (κ1) is 16.0. The van der Waals surface area contributed by atoms with Gasteiger partial charge in [-0.3, -0.25) is 4.79 Å². The Kier molecular flexibility index (Phi) is 5.76. The molecule has 1 N–H and O–H groups in total. The molecule has 0 saturated carbocycles. The Morgan fingerprint density at radius 2 is 2.14 bits per heavy atom. The lowest BCUT2D eigenvalue weighted by atomic mass is 10.1. The highest BCUT2D eigenvalue weighted by Crippen LogP contribution is 2.14. The third-order valence-corrected chi connectivity index (χ3v) is 3.91. The van der Waals surface area contributed by atoms with Gasteiger partial charge in [0.05, 0.1) is 7.11 Å². The van der Waals surface area contributed by atoms with E-state index in [9.17, 15) is 9.59 Å². The van der Waals surface area contributed by atoms with Crippen molar-refractivity contribution in [2.45, 2.75) is 31.4 Å². The molecule has 0 aliphatic carbocycles. The van der Waals surface area contributed by atoms with Gasteiger partial charge in [-0.25, -0.2) is 4.79 Å². The largest absolute Gasteiger partial charge is 0.467 e. The fraction of sp³-hybridized carbons (Fsp3) is 0.467. The number of amides is 1. The molecule has 0 bridgehead atoms. The second kappa shape index (κ2) is 7.56. The molecule has 0 radical (unpaired) electrons. The van der Waals surface area contributed by atoms with Gasteiger partial charge in [0.15, 0.2) is 0 Å². The number of ether oxygens (including phenoxy) is 2. The zero-order chi connectivity index (χ0) is 15.2. The summed E-state index contributed by atoms with van der Waals surface area (Å²) in [7, 11) is 1.31. The molecule has 5 nitrogen and oxygen atoms in total. The monoisotopic (exact) mass is 355 g/mol. The van der Waals surface area contributed by atoms with E-state index < -0.39 is 18.1 Å². The third-order valence-electron chi connectivity index (χ3n) is 3.38. The average molecular weight is 356 g/mol. The molecule has 1 amide bonds. The molecule has 1 saturated heterocycles. The van der Waals surface area contributed by atoms with Crippen LogP contribution in [0.25, 0.3) is 0 Å². The number of methoxy groups -OCH3 is 1. The van der Waals surface area contributed by atoms with E-state index in [0.717, 1.165) is 16.5 Å². The van der Waals surface area contributed by atoms with Gasteiger partial charge in [-0.15, -0.1) is 0 Å². The average Bonchev–Trinajstić information content (AvgIpc) is 3.02. The van der Waals surface area contributed by atoms with E-state index >= 15 is 0 Å². The standard InChI is InChI=1S/C15H18BrNO4/c1-20-15(19)12(9-10-4-6-11(16)7-5-10)17-14(18)13-3-2-8-21-13/h4-7,12-13H,2-3,8-9H2,1H3,(H,17,18)/t12-,13-/m1/s1. The summed E-state index contributed by atoms with van der Waals surface area (Å²) in [5, 5.41) is 2.72. The van der Waals surface area contributed by atoms with Crippen LogP contribution in [0, 0.1) is 0 Å². The minimum Gasteiger partial charge on any atom is -0.467 e. The van der Waals surface area contributed by atoms with Gasteiger partial charge in [-0.1, -0.05) is 28.1 Å². The second-order valence-electron chi connectivity index (χ2n) is 4.92. The molecule has 114 valence electrons. The van der Waals surface area contributed by atoms with Gasteiger partial charge in [0.1, 0.15) is 12.1 Å². The highest BCUT2D eigenvalue weighted by atomic mass is 79.9. The summed E-state index contributed by atoms with van der Waals surface area (Å²) in [6.07, 6.45) is 1.49. The molecule has 6 heteroatoms. The number of halogens is 1. The van der Waals surface area contributed by atoms with Gasteiger partial charge in [-0.05, 0) is 30.5 Å². The molecule has 0 unspecified atom stereocenters. The SMILES string of the molecule is COC(=O)[C@@H](Cc1ccc(Br)cc1)NC(=O)[C@H]1CCCO1. The smallest absolute Gasteiger partial charge is 0.328 e. The normalized spacial score (nSPS) is 19.0. The van der Waals surface area contributed by atoms with Crippen LogP contribution in [0.15, 0.2) is 28.7 Å². The minimum atomic E-state index is -0.701. The van der Waals surface area contributed by atoms with E-state index in [0.29, 0.717) is 19.4 Å². The molecule has 1 aromatic rings. The van der Waals surface area contributed by atoms with E-state index in [4.69, 9.17) is 9.47 Å². The van der Waals surface area contributed by atoms with E-state index in [1.165, 1.54) is 7.11 Å². The maximum Gasteiger partial charge on any atom is 0.328 e. The topological polar surface area (TPSA) is 64.6 Å². The van der Waals surface area contributed by atoms with Crippen molar-refractivity contribution in [1.82, 2.24) is 5.32 Å². The molecule has 2 atom stereocenters. The van der Waals surface area contributed by atoms with E-state index in [2.05, 4.69) is 21.2 Å². The van der Waals surface area contributed by atoms with E-state index in [1.54, 1.807) is 0 Å². The lowest BCUT2D eigenvalue weighted by Crippen LogP contribution is -2.47. The highest BCUT2D eigenvalue weighted by Gasteiger charge is 2.28. The zero-order valence-corrected chi connectivity index (χ0v) is 13.4. The number of rotatable bonds is 5. The first-order valence-corrected chi connectivity index (χ1v) is 7.63. The summed E-state index contributed by atoms with van der Waals surface area (Å²) < 4.78 is 11.1. The predicted molar refractivity (Wildman–Crippen MR) is 80.8 cm³/mol. The number of nitrogens with one attached hydrogen (secondary N) is 1. The Hall–Kier alpha value is -1.40. The Labute approximate surface area is 132 Å². The molecular formula is C15H18BrNO4. The summed E-state index contributed by atoms with van der Waals surface area (Å²) >= 11 is 3.36. The van der Waals surface area contributed by atoms with Crippen LogP contribution in [-0.2, 0) is 25.5 Å². The van der Waals surface area contributed by atoms with Gasteiger partial charge in [0, 0.05) is 17.5 Å². The van der Waals surface area contributed by atoms with Gasteiger partial charge >= 0.3 is 5.97 Å². The molecule has 0 spiro atoms. The second-order valence-corrected chi connectivity index (χ2v) is 5.83. The Morgan fingerprint density at radius 3 is 2.71 bits per heavy atom. The van der Waals surface area contributed by atoms with Crippen molar-refractivity contribution < 1.29 is 19.1 Å². The summed E-state index contributed by atoms with van der Waals surface area (Å²) in [5.41, 5.74) is 0.946. The molecule has 1 aliphatic rings. The van der Waals surface area contributed by atoms with Gasteiger partial charge in [0.2, 0.25) is 5.91 Å².